The largest absolute Gasteiger partial charge is 0.365 e. The summed E-state index contributed by atoms with van der Waals surface area (Å²) >= 11 is 0. The Labute approximate surface area is 144 Å². The number of carbonyl (C=O) groups excluding carboxylic acids is 1. The maximum absolute atomic E-state index is 12.7. The normalized spacial score (nSPS) is 11.2. The van der Waals surface area contributed by atoms with Crippen LogP contribution in [0.5, 0.6) is 0 Å². The van der Waals surface area contributed by atoms with E-state index >= 15 is 0 Å². The lowest BCUT2D eigenvalue weighted by molar-refractivity contribution is 0.0767. The maximum Gasteiger partial charge on any atom is 0.272 e. The van der Waals surface area contributed by atoms with Crippen LogP contribution in [0.1, 0.15) is 45.1 Å². The van der Waals surface area contributed by atoms with Crippen molar-refractivity contribution >= 4 is 11.7 Å². The van der Waals surface area contributed by atoms with E-state index in [1.807, 2.05) is 44.2 Å². The molecule has 0 fully saturated rings. The van der Waals surface area contributed by atoms with Gasteiger partial charge in [0.1, 0.15) is 11.5 Å². The SMILES string of the molecule is CCN(CC)C(=O)c1cc(NC(C)(C)C)nc(-c2ccccc2)n1. The fraction of sp³-hybridized carbons (Fsp3) is 0.421. The zero-order valence-electron chi connectivity index (χ0n) is 15.1. The van der Waals surface area contributed by atoms with E-state index < -0.39 is 0 Å². The van der Waals surface area contributed by atoms with Gasteiger partial charge in [-0.25, -0.2) is 9.97 Å². The van der Waals surface area contributed by atoms with Crippen LogP contribution in [0.15, 0.2) is 36.4 Å². The number of hydrogen-bond donors (Lipinski definition) is 1. The summed E-state index contributed by atoms with van der Waals surface area (Å²) < 4.78 is 0. The van der Waals surface area contributed by atoms with Crippen LogP contribution in [0.3, 0.4) is 0 Å². The summed E-state index contributed by atoms with van der Waals surface area (Å²) in [5, 5.41) is 3.34. The van der Waals surface area contributed by atoms with Crippen molar-refractivity contribution in [1.29, 1.82) is 0 Å². The second-order valence-electron chi connectivity index (χ2n) is 6.68. The molecule has 1 amide bonds. The van der Waals surface area contributed by atoms with Crippen molar-refractivity contribution in [2.24, 2.45) is 0 Å². The molecule has 5 nitrogen and oxygen atoms in total. The molecule has 0 atom stereocenters. The zero-order chi connectivity index (χ0) is 17.7. The van der Waals surface area contributed by atoms with Crippen molar-refractivity contribution < 1.29 is 4.79 Å². The van der Waals surface area contributed by atoms with Crippen LogP contribution in [-0.4, -0.2) is 39.4 Å². The average Bonchev–Trinajstić information content (AvgIpc) is 2.55. The first-order chi connectivity index (χ1) is 11.3. The van der Waals surface area contributed by atoms with Crippen LogP contribution in [-0.2, 0) is 0 Å². The van der Waals surface area contributed by atoms with Gasteiger partial charge in [-0.1, -0.05) is 30.3 Å². The first kappa shape index (κ1) is 17.9. The molecule has 24 heavy (non-hydrogen) atoms. The highest BCUT2D eigenvalue weighted by atomic mass is 16.2. The van der Waals surface area contributed by atoms with Gasteiger partial charge in [0.15, 0.2) is 5.82 Å². The lowest BCUT2D eigenvalue weighted by atomic mass is 10.1. The highest BCUT2D eigenvalue weighted by Gasteiger charge is 2.19. The molecule has 0 spiro atoms. The quantitative estimate of drug-likeness (QED) is 0.907. The van der Waals surface area contributed by atoms with Crippen LogP contribution in [0.25, 0.3) is 11.4 Å². The molecule has 5 heteroatoms. The molecule has 128 valence electrons. The number of rotatable bonds is 5. The molecule has 2 rings (SSSR count). The number of hydrogen-bond acceptors (Lipinski definition) is 4. The van der Waals surface area contributed by atoms with Gasteiger partial charge in [-0.15, -0.1) is 0 Å². The summed E-state index contributed by atoms with van der Waals surface area (Å²) in [7, 11) is 0. The van der Waals surface area contributed by atoms with Crippen molar-refractivity contribution in [3.05, 3.63) is 42.1 Å². The molecular weight excluding hydrogens is 300 g/mol. The molecular formula is C19H26N4O. The molecule has 0 radical (unpaired) electrons. The van der Waals surface area contributed by atoms with Crippen molar-refractivity contribution in [3.8, 4) is 11.4 Å². The van der Waals surface area contributed by atoms with Gasteiger partial charge >= 0.3 is 0 Å². The number of amides is 1. The first-order valence-electron chi connectivity index (χ1n) is 8.36. The third-order valence-corrected chi connectivity index (χ3v) is 3.53. The molecule has 0 unspecified atom stereocenters. The summed E-state index contributed by atoms with van der Waals surface area (Å²) in [4.78, 5) is 23.6. The van der Waals surface area contributed by atoms with Gasteiger partial charge in [0, 0.05) is 30.3 Å². The highest BCUT2D eigenvalue weighted by molar-refractivity contribution is 5.93. The second-order valence-corrected chi connectivity index (χ2v) is 6.68. The zero-order valence-corrected chi connectivity index (χ0v) is 15.1. The Morgan fingerprint density at radius 1 is 1.08 bits per heavy atom. The van der Waals surface area contributed by atoms with Crippen molar-refractivity contribution in [2.45, 2.75) is 40.2 Å². The van der Waals surface area contributed by atoms with Crippen molar-refractivity contribution in [2.75, 3.05) is 18.4 Å². The molecule has 0 aliphatic rings. The Morgan fingerprint density at radius 3 is 2.25 bits per heavy atom. The number of nitrogens with one attached hydrogen (secondary N) is 1. The van der Waals surface area contributed by atoms with E-state index in [1.54, 1.807) is 11.0 Å². The molecule has 1 heterocycles. The number of carbonyl (C=O) groups is 1. The summed E-state index contributed by atoms with van der Waals surface area (Å²) in [5.74, 6) is 1.14. The molecule has 0 aliphatic carbocycles. The lowest BCUT2D eigenvalue weighted by Gasteiger charge is -2.23. The van der Waals surface area contributed by atoms with Gasteiger partial charge in [-0.3, -0.25) is 4.79 Å². The average molecular weight is 326 g/mol. The maximum atomic E-state index is 12.7. The van der Waals surface area contributed by atoms with E-state index in [0.29, 0.717) is 30.4 Å². The van der Waals surface area contributed by atoms with Crippen molar-refractivity contribution in [3.63, 3.8) is 0 Å². The van der Waals surface area contributed by atoms with Gasteiger partial charge in [-0.05, 0) is 34.6 Å². The van der Waals surface area contributed by atoms with E-state index in [-0.39, 0.29) is 11.4 Å². The topological polar surface area (TPSA) is 58.1 Å². The van der Waals surface area contributed by atoms with E-state index in [2.05, 4.69) is 36.1 Å². The predicted octanol–water partition coefficient (Wildman–Crippen LogP) is 3.84. The standard InChI is InChI=1S/C19H26N4O/c1-6-23(7-2)18(24)15-13-16(22-19(3,4)5)21-17(20-15)14-11-9-8-10-12-14/h8-13H,6-7H2,1-5H3,(H,20,21,22). The molecule has 0 aliphatic heterocycles. The second kappa shape index (κ2) is 7.43. The van der Waals surface area contributed by atoms with E-state index in [0.717, 1.165) is 5.56 Å². The number of anilines is 1. The Balaban J connectivity index is 2.50. The number of benzene rings is 1. The fourth-order valence-corrected chi connectivity index (χ4v) is 2.39. The van der Waals surface area contributed by atoms with Crippen LogP contribution in [0.4, 0.5) is 5.82 Å². The molecule has 1 N–H and O–H groups in total. The Morgan fingerprint density at radius 2 is 1.71 bits per heavy atom. The van der Waals surface area contributed by atoms with Gasteiger partial charge < -0.3 is 10.2 Å². The molecule has 0 saturated heterocycles. The summed E-state index contributed by atoms with van der Waals surface area (Å²) in [6, 6.07) is 11.5. The monoisotopic (exact) mass is 326 g/mol. The molecule has 0 saturated carbocycles. The van der Waals surface area contributed by atoms with Gasteiger partial charge in [0.2, 0.25) is 0 Å². The molecule has 1 aromatic carbocycles. The summed E-state index contributed by atoms with van der Waals surface area (Å²) in [6.45, 7) is 11.4. The van der Waals surface area contributed by atoms with E-state index in [1.165, 1.54) is 0 Å². The third kappa shape index (κ3) is 4.54. The minimum atomic E-state index is -0.155. The van der Waals surface area contributed by atoms with Gasteiger partial charge in [0.25, 0.3) is 5.91 Å². The minimum absolute atomic E-state index is 0.0726. The Hall–Kier alpha value is -2.43. The van der Waals surface area contributed by atoms with Crippen LogP contribution < -0.4 is 5.32 Å². The molecule has 1 aromatic heterocycles. The van der Waals surface area contributed by atoms with Crippen LogP contribution in [0.2, 0.25) is 0 Å². The van der Waals surface area contributed by atoms with Crippen LogP contribution in [0, 0.1) is 0 Å². The number of nitrogens with zero attached hydrogens (tertiary/aromatic N) is 3. The van der Waals surface area contributed by atoms with Crippen molar-refractivity contribution in [1.82, 2.24) is 14.9 Å². The summed E-state index contributed by atoms with van der Waals surface area (Å²) in [6.07, 6.45) is 0. The minimum Gasteiger partial charge on any atom is -0.365 e. The first-order valence-corrected chi connectivity index (χ1v) is 8.36. The van der Waals surface area contributed by atoms with E-state index in [9.17, 15) is 4.79 Å². The van der Waals surface area contributed by atoms with Gasteiger partial charge in [0.05, 0.1) is 0 Å². The Kier molecular flexibility index (Phi) is 5.54. The predicted molar refractivity (Wildman–Crippen MR) is 98.1 cm³/mol. The van der Waals surface area contributed by atoms with Gasteiger partial charge in [-0.2, -0.15) is 0 Å². The molecule has 0 bridgehead atoms. The highest BCUT2D eigenvalue weighted by Crippen LogP contribution is 2.20. The smallest absolute Gasteiger partial charge is 0.272 e. The fourth-order valence-electron chi connectivity index (χ4n) is 2.39. The van der Waals surface area contributed by atoms with E-state index in [4.69, 9.17) is 0 Å². The Bertz CT molecular complexity index is 688. The van der Waals surface area contributed by atoms with Crippen LogP contribution >= 0.6 is 0 Å². The third-order valence-electron chi connectivity index (χ3n) is 3.53. The molecule has 2 aromatic rings. The lowest BCUT2D eigenvalue weighted by Crippen LogP contribution is -2.32. The number of aromatic nitrogens is 2. The summed E-state index contributed by atoms with van der Waals surface area (Å²) in [5.41, 5.74) is 1.15.